The fourth-order valence-electron chi connectivity index (χ4n) is 1.53. The van der Waals surface area contributed by atoms with Gasteiger partial charge in [0.1, 0.15) is 4.99 Å². The molecule has 0 bridgehead atoms. The van der Waals surface area contributed by atoms with E-state index in [0.29, 0.717) is 24.3 Å². The maximum atomic E-state index is 12.0. The number of hydrogen-bond acceptors (Lipinski definition) is 2. The van der Waals surface area contributed by atoms with Crippen LogP contribution in [0.4, 0.5) is 10.5 Å². The number of nitrogens with zero attached hydrogens (tertiary/aromatic N) is 1. The van der Waals surface area contributed by atoms with Crippen LogP contribution in [0.25, 0.3) is 0 Å². The minimum atomic E-state index is -0.153. The molecule has 0 aliphatic rings. The van der Waals surface area contributed by atoms with E-state index in [1.165, 1.54) is 0 Å². The summed E-state index contributed by atoms with van der Waals surface area (Å²) in [4.78, 5) is 13.9. The molecule has 98 valence electrons. The summed E-state index contributed by atoms with van der Waals surface area (Å²) < 4.78 is 0.867. The maximum Gasteiger partial charge on any atom is 0.321 e. The molecule has 18 heavy (non-hydrogen) atoms. The van der Waals surface area contributed by atoms with Gasteiger partial charge in [0.25, 0.3) is 0 Å². The summed E-state index contributed by atoms with van der Waals surface area (Å²) in [6, 6.07) is 5.25. The molecule has 0 atom stereocenters. The van der Waals surface area contributed by atoms with Gasteiger partial charge < -0.3 is 16.0 Å². The van der Waals surface area contributed by atoms with Crippen molar-refractivity contribution in [3.05, 3.63) is 28.2 Å². The number of rotatable bonds is 4. The first-order valence-corrected chi connectivity index (χ1v) is 6.85. The van der Waals surface area contributed by atoms with Crippen LogP contribution >= 0.6 is 28.1 Å². The zero-order chi connectivity index (χ0) is 13.7. The number of carbonyl (C=O) groups is 1. The maximum absolute atomic E-state index is 12.0. The van der Waals surface area contributed by atoms with E-state index in [1.807, 2.05) is 19.9 Å². The number of carbonyl (C=O) groups excluding carboxylic acids is 1. The first-order chi connectivity index (χ1) is 8.49. The number of halogens is 1. The number of anilines is 1. The van der Waals surface area contributed by atoms with Crippen molar-refractivity contribution in [2.45, 2.75) is 13.8 Å². The molecule has 0 spiro atoms. The van der Waals surface area contributed by atoms with Crippen molar-refractivity contribution in [3.63, 3.8) is 0 Å². The van der Waals surface area contributed by atoms with Gasteiger partial charge in [-0.3, -0.25) is 0 Å². The normalized spacial score (nSPS) is 9.94. The van der Waals surface area contributed by atoms with E-state index in [-0.39, 0.29) is 11.0 Å². The highest BCUT2D eigenvalue weighted by Gasteiger charge is 2.13. The third-order valence-corrected chi connectivity index (χ3v) is 3.25. The minimum Gasteiger partial charge on any atom is -0.389 e. The molecule has 2 amide bonds. The lowest BCUT2D eigenvalue weighted by Crippen LogP contribution is -2.35. The Hall–Kier alpha value is -1.14. The Bertz CT molecular complexity index is 461. The monoisotopic (exact) mass is 329 g/mol. The number of thiocarbonyl (C=S) groups is 1. The third kappa shape index (κ3) is 3.68. The fourth-order valence-corrected chi connectivity index (χ4v) is 2.06. The molecule has 0 saturated heterocycles. The van der Waals surface area contributed by atoms with Gasteiger partial charge in [-0.1, -0.05) is 28.1 Å². The fraction of sp³-hybridized carbons (Fsp3) is 0.333. The van der Waals surface area contributed by atoms with E-state index in [4.69, 9.17) is 18.0 Å². The molecule has 0 saturated carbocycles. The standard InChI is InChI=1S/C12H16BrN3OS/c1-3-16(4-2)12(17)15-10-6-5-8(13)7-9(10)11(14)18/h5-7H,3-4H2,1-2H3,(H2,14,18)(H,15,17). The number of benzene rings is 1. The van der Waals surface area contributed by atoms with Crippen molar-refractivity contribution in [2.24, 2.45) is 5.73 Å². The Labute approximate surface area is 121 Å². The summed E-state index contributed by atoms with van der Waals surface area (Å²) in [5, 5.41) is 2.82. The molecular formula is C12H16BrN3OS. The molecule has 3 N–H and O–H groups in total. The van der Waals surface area contributed by atoms with Crippen LogP contribution in [0.1, 0.15) is 19.4 Å². The number of hydrogen-bond donors (Lipinski definition) is 2. The van der Waals surface area contributed by atoms with Crippen molar-refractivity contribution < 1.29 is 4.79 Å². The summed E-state index contributed by atoms with van der Waals surface area (Å²) in [5.74, 6) is 0. The molecular weight excluding hydrogens is 314 g/mol. The molecule has 0 unspecified atom stereocenters. The summed E-state index contributed by atoms with van der Waals surface area (Å²) in [5.41, 5.74) is 6.93. The average molecular weight is 330 g/mol. The smallest absolute Gasteiger partial charge is 0.321 e. The van der Waals surface area contributed by atoms with Crippen molar-refractivity contribution >= 4 is 44.9 Å². The molecule has 0 aliphatic heterocycles. The van der Waals surface area contributed by atoms with E-state index in [1.54, 1.807) is 17.0 Å². The zero-order valence-corrected chi connectivity index (χ0v) is 12.8. The highest BCUT2D eigenvalue weighted by molar-refractivity contribution is 9.10. The zero-order valence-electron chi connectivity index (χ0n) is 10.4. The highest BCUT2D eigenvalue weighted by Crippen LogP contribution is 2.21. The van der Waals surface area contributed by atoms with E-state index in [2.05, 4.69) is 21.2 Å². The largest absolute Gasteiger partial charge is 0.389 e. The molecule has 0 aliphatic carbocycles. The van der Waals surface area contributed by atoms with Gasteiger partial charge in [0.05, 0.1) is 5.69 Å². The lowest BCUT2D eigenvalue weighted by Gasteiger charge is -2.20. The second-order valence-corrected chi connectivity index (χ2v) is 5.01. The second kappa shape index (κ2) is 6.70. The van der Waals surface area contributed by atoms with Crippen LogP contribution in [0.2, 0.25) is 0 Å². The quantitative estimate of drug-likeness (QED) is 0.835. The van der Waals surface area contributed by atoms with Gasteiger partial charge in [0, 0.05) is 23.1 Å². The first-order valence-electron chi connectivity index (χ1n) is 5.64. The Morgan fingerprint density at radius 3 is 2.56 bits per heavy atom. The predicted octanol–water partition coefficient (Wildman–Crippen LogP) is 2.96. The molecule has 1 aromatic carbocycles. The number of amides is 2. The van der Waals surface area contributed by atoms with E-state index < -0.39 is 0 Å². The van der Waals surface area contributed by atoms with Crippen LogP contribution in [-0.2, 0) is 0 Å². The number of nitrogens with one attached hydrogen (secondary N) is 1. The lowest BCUT2D eigenvalue weighted by atomic mass is 10.2. The molecule has 4 nitrogen and oxygen atoms in total. The SMILES string of the molecule is CCN(CC)C(=O)Nc1ccc(Br)cc1C(N)=S. The first kappa shape index (κ1) is 14.9. The Kier molecular flexibility index (Phi) is 5.55. The molecule has 6 heteroatoms. The van der Waals surface area contributed by atoms with Gasteiger partial charge in [-0.15, -0.1) is 0 Å². The van der Waals surface area contributed by atoms with Crippen molar-refractivity contribution in [2.75, 3.05) is 18.4 Å². The van der Waals surface area contributed by atoms with Crippen LogP contribution < -0.4 is 11.1 Å². The summed E-state index contributed by atoms with van der Waals surface area (Å²) in [6.07, 6.45) is 0. The summed E-state index contributed by atoms with van der Waals surface area (Å²) >= 11 is 8.33. The van der Waals surface area contributed by atoms with Gasteiger partial charge in [0.15, 0.2) is 0 Å². The molecule has 0 aromatic heterocycles. The lowest BCUT2D eigenvalue weighted by molar-refractivity contribution is 0.217. The molecule has 1 aromatic rings. The van der Waals surface area contributed by atoms with Crippen LogP contribution in [0.3, 0.4) is 0 Å². The average Bonchev–Trinajstić information content (AvgIpc) is 2.32. The van der Waals surface area contributed by atoms with Crippen molar-refractivity contribution in [1.29, 1.82) is 0 Å². The second-order valence-electron chi connectivity index (χ2n) is 3.66. The van der Waals surface area contributed by atoms with Crippen LogP contribution in [0, 0.1) is 0 Å². The molecule has 0 heterocycles. The number of urea groups is 1. The van der Waals surface area contributed by atoms with Gasteiger partial charge in [-0.2, -0.15) is 0 Å². The molecule has 1 rings (SSSR count). The van der Waals surface area contributed by atoms with Crippen molar-refractivity contribution in [1.82, 2.24) is 4.90 Å². The van der Waals surface area contributed by atoms with Crippen LogP contribution in [0.15, 0.2) is 22.7 Å². The van der Waals surface area contributed by atoms with E-state index >= 15 is 0 Å². The summed E-state index contributed by atoms with van der Waals surface area (Å²) in [6.45, 7) is 5.17. The van der Waals surface area contributed by atoms with Crippen LogP contribution in [-0.4, -0.2) is 29.0 Å². The number of nitrogens with two attached hydrogens (primary N) is 1. The van der Waals surface area contributed by atoms with E-state index in [9.17, 15) is 4.79 Å². The third-order valence-electron chi connectivity index (χ3n) is 2.54. The Morgan fingerprint density at radius 2 is 2.06 bits per heavy atom. The minimum absolute atomic E-state index is 0.153. The topological polar surface area (TPSA) is 58.4 Å². The Balaban J connectivity index is 2.97. The highest BCUT2D eigenvalue weighted by atomic mass is 79.9. The molecule has 0 fully saturated rings. The van der Waals surface area contributed by atoms with Gasteiger partial charge in [-0.25, -0.2) is 4.79 Å². The van der Waals surface area contributed by atoms with Gasteiger partial charge in [0.2, 0.25) is 0 Å². The summed E-state index contributed by atoms with van der Waals surface area (Å²) in [7, 11) is 0. The predicted molar refractivity (Wildman–Crippen MR) is 82.0 cm³/mol. The van der Waals surface area contributed by atoms with Crippen LogP contribution in [0.5, 0.6) is 0 Å². The Morgan fingerprint density at radius 1 is 1.44 bits per heavy atom. The van der Waals surface area contributed by atoms with Gasteiger partial charge in [-0.05, 0) is 32.0 Å². The van der Waals surface area contributed by atoms with E-state index in [0.717, 1.165) is 4.47 Å². The molecule has 0 radical (unpaired) electrons. The van der Waals surface area contributed by atoms with Gasteiger partial charge >= 0.3 is 6.03 Å². The van der Waals surface area contributed by atoms with Crippen molar-refractivity contribution in [3.8, 4) is 0 Å².